The molecule has 0 saturated carbocycles. The molecule has 0 aliphatic carbocycles. The van der Waals surface area contributed by atoms with Crippen LogP contribution in [0.15, 0.2) is 146 Å². The van der Waals surface area contributed by atoms with Crippen molar-refractivity contribution in [3.8, 4) is 0 Å². The molecule has 194 valence electrons. The van der Waals surface area contributed by atoms with Gasteiger partial charge in [-0.3, -0.25) is 4.79 Å². The zero-order chi connectivity index (χ0) is 27.3. The van der Waals surface area contributed by atoms with Crippen molar-refractivity contribution >= 4 is 28.3 Å². The number of aryl methyl sites for hydroxylation is 1. The van der Waals surface area contributed by atoms with Crippen LogP contribution in [0.3, 0.4) is 0 Å². The number of ether oxygens (including phenoxy) is 1. The van der Waals surface area contributed by atoms with Crippen LogP contribution in [-0.4, -0.2) is 15.5 Å². The summed E-state index contributed by atoms with van der Waals surface area (Å²) in [5.41, 5.74) is 6.17. The fraction of sp³-hybridized carbons (Fsp3) is 0.0556. The number of carbonyl (C=O) groups excluding carboxylic acids is 1. The Morgan fingerprint density at radius 3 is 1.57 bits per heavy atom. The minimum atomic E-state index is -0.611. The van der Waals surface area contributed by atoms with E-state index in [0.29, 0.717) is 11.6 Å². The van der Waals surface area contributed by atoms with E-state index < -0.39 is 5.92 Å². The van der Waals surface area contributed by atoms with Crippen LogP contribution in [0.5, 0.6) is 0 Å². The lowest BCUT2D eigenvalue weighted by atomic mass is 9.91. The fourth-order valence-corrected chi connectivity index (χ4v) is 5.11. The van der Waals surface area contributed by atoms with Crippen molar-refractivity contribution in [2.45, 2.75) is 5.92 Å². The van der Waals surface area contributed by atoms with E-state index >= 15 is 0 Å². The third-order valence-corrected chi connectivity index (χ3v) is 7.05. The van der Waals surface area contributed by atoms with E-state index in [0.717, 1.165) is 38.9 Å². The average molecular weight is 521 g/mol. The van der Waals surface area contributed by atoms with E-state index in [1.165, 1.54) is 0 Å². The average Bonchev–Trinajstić information content (AvgIpc) is 3.35. The van der Waals surface area contributed by atoms with Crippen LogP contribution in [0.4, 0.5) is 0 Å². The first-order valence-electron chi connectivity index (χ1n) is 13.3. The lowest BCUT2D eigenvalue weighted by Crippen LogP contribution is -2.18. The van der Waals surface area contributed by atoms with Gasteiger partial charge in [-0.2, -0.15) is 0 Å². The van der Waals surface area contributed by atoms with Crippen molar-refractivity contribution in [2.75, 3.05) is 0 Å². The fourth-order valence-electron chi connectivity index (χ4n) is 5.11. The lowest BCUT2D eigenvalue weighted by Gasteiger charge is -2.21. The van der Waals surface area contributed by atoms with Gasteiger partial charge in [-0.15, -0.1) is 0 Å². The highest BCUT2D eigenvalue weighted by molar-refractivity contribution is 6.00. The first-order valence-corrected chi connectivity index (χ1v) is 13.3. The van der Waals surface area contributed by atoms with Gasteiger partial charge in [0.1, 0.15) is 5.92 Å². The zero-order valence-corrected chi connectivity index (χ0v) is 22.1. The number of aromatic nitrogens is 2. The summed E-state index contributed by atoms with van der Waals surface area (Å²) in [6.45, 7) is 0. The molecule has 0 aliphatic rings. The van der Waals surface area contributed by atoms with Crippen LogP contribution in [0.25, 0.3) is 22.4 Å². The van der Waals surface area contributed by atoms with Crippen LogP contribution in [0.2, 0.25) is 0 Å². The van der Waals surface area contributed by atoms with Crippen molar-refractivity contribution in [2.24, 2.45) is 7.05 Å². The van der Waals surface area contributed by atoms with Gasteiger partial charge in [0, 0.05) is 12.6 Å². The SMILES string of the molecule is Cn1c(C(OC(=O)C(c2ccccc2)c2ccccc2)=C(c2ccccc2)c2ccccc2)nc2ccccc21. The number of hydrogen-bond donors (Lipinski definition) is 0. The number of para-hydroxylation sites is 2. The van der Waals surface area contributed by atoms with E-state index in [2.05, 4.69) is 0 Å². The standard InChI is InChI=1S/C36H28N2O2/c1-38-31-25-15-14-24-30(31)37-35(38)34(32(26-16-6-2-7-17-26)27-18-8-3-9-19-27)40-36(39)33(28-20-10-4-11-21-28)29-22-12-5-13-23-29/h2-25,33H,1H3. The van der Waals surface area contributed by atoms with Crippen molar-refractivity contribution in [1.29, 1.82) is 0 Å². The molecule has 0 atom stereocenters. The summed E-state index contributed by atoms with van der Waals surface area (Å²) in [7, 11) is 1.96. The molecular formula is C36H28N2O2. The second kappa shape index (κ2) is 11.3. The van der Waals surface area contributed by atoms with Crippen LogP contribution < -0.4 is 0 Å². The van der Waals surface area contributed by atoms with Gasteiger partial charge in [-0.05, 0) is 34.4 Å². The summed E-state index contributed by atoms with van der Waals surface area (Å²) < 4.78 is 8.54. The Morgan fingerprint density at radius 1 is 0.625 bits per heavy atom. The number of benzene rings is 5. The molecule has 1 heterocycles. The summed E-state index contributed by atoms with van der Waals surface area (Å²) in [6, 6.07) is 47.5. The van der Waals surface area contributed by atoms with Crippen molar-refractivity contribution in [3.63, 3.8) is 0 Å². The highest BCUT2D eigenvalue weighted by Gasteiger charge is 2.29. The molecule has 0 radical (unpaired) electrons. The molecule has 0 bridgehead atoms. The largest absolute Gasteiger partial charge is 0.421 e. The molecule has 1 aromatic heterocycles. The molecule has 0 saturated heterocycles. The molecule has 0 fully saturated rings. The minimum absolute atomic E-state index is 0.371. The number of nitrogens with zero attached hydrogens (tertiary/aromatic N) is 2. The quantitative estimate of drug-likeness (QED) is 0.159. The highest BCUT2D eigenvalue weighted by Crippen LogP contribution is 2.36. The Hall–Kier alpha value is -5.22. The second-order valence-corrected chi connectivity index (χ2v) is 9.59. The molecule has 0 aliphatic heterocycles. The molecule has 0 amide bonds. The van der Waals surface area contributed by atoms with E-state index in [1.807, 2.05) is 157 Å². The third kappa shape index (κ3) is 4.95. The third-order valence-electron chi connectivity index (χ3n) is 7.05. The van der Waals surface area contributed by atoms with E-state index in [4.69, 9.17) is 9.72 Å². The van der Waals surface area contributed by atoms with Gasteiger partial charge in [0.05, 0.1) is 11.0 Å². The van der Waals surface area contributed by atoms with Crippen molar-refractivity contribution in [3.05, 3.63) is 174 Å². The first kappa shape index (κ1) is 25.1. The number of carbonyl (C=O) groups is 1. The molecule has 0 unspecified atom stereocenters. The van der Waals surface area contributed by atoms with Gasteiger partial charge in [-0.1, -0.05) is 133 Å². The monoisotopic (exact) mass is 520 g/mol. The second-order valence-electron chi connectivity index (χ2n) is 9.59. The predicted octanol–water partition coefficient (Wildman–Crippen LogP) is 7.87. The molecule has 0 spiro atoms. The topological polar surface area (TPSA) is 44.1 Å². The molecular weight excluding hydrogens is 492 g/mol. The number of esters is 1. The Bertz CT molecular complexity index is 1690. The summed E-state index contributed by atoms with van der Waals surface area (Å²) in [6.07, 6.45) is 0. The summed E-state index contributed by atoms with van der Waals surface area (Å²) in [5.74, 6) is 0.0128. The van der Waals surface area contributed by atoms with Crippen LogP contribution in [-0.2, 0) is 16.6 Å². The number of fused-ring (bicyclic) bond motifs is 1. The maximum absolute atomic E-state index is 14.3. The van der Waals surface area contributed by atoms with Gasteiger partial charge in [-0.25, -0.2) is 4.98 Å². The normalized spacial score (nSPS) is 10.9. The van der Waals surface area contributed by atoms with Crippen molar-refractivity contribution in [1.82, 2.24) is 9.55 Å². The predicted molar refractivity (Wildman–Crippen MR) is 160 cm³/mol. The van der Waals surface area contributed by atoms with Gasteiger partial charge in [0.25, 0.3) is 0 Å². The molecule has 6 rings (SSSR count). The summed E-state index contributed by atoms with van der Waals surface area (Å²) in [5, 5.41) is 0. The smallest absolute Gasteiger partial charge is 0.323 e. The Balaban J connectivity index is 1.59. The highest BCUT2D eigenvalue weighted by atomic mass is 16.5. The maximum Gasteiger partial charge on any atom is 0.323 e. The van der Waals surface area contributed by atoms with Gasteiger partial charge < -0.3 is 9.30 Å². The summed E-state index contributed by atoms with van der Waals surface area (Å²) >= 11 is 0. The first-order chi connectivity index (χ1) is 19.7. The molecule has 5 aromatic carbocycles. The van der Waals surface area contributed by atoms with Gasteiger partial charge in [0.2, 0.25) is 0 Å². The van der Waals surface area contributed by atoms with E-state index in [-0.39, 0.29) is 5.97 Å². The number of imidazole rings is 1. The van der Waals surface area contributed by atoms with E-state index in [9.17, 15) is 4.79 Å². The summed E-state index contributed by atoms with van der Waals surface area (Å²) in [4.78, 5) is 19.3. The van der Waals surface area contributed by atoms with Crippen LogP contribution in [0, 0.1) is 0 Å². The number of hydrogen-bond acceptors (Lipinski definition) is 3. The molecule has 6 aromatic rings. The maximum atomic E-state index is 14.3. The molecule has 4 heteroatoms. The van der Waals surface area contributed by atoms with Crippen LogP contribution in [0.1, 0.15) is 34.0 Å². The Morgan fingerprint density at radius 2 is 1.07 bits per heavy atom. The molecule has 0 N–H and O–H groups in total. The van der Waals surface area contributed by atoms with E-state index in [1.54, 1.807) is 0 Å². The lowest BCUT2D eigenvalue weighted by molar-refractivity contribution is -0.137. The minimum Gasteiger partial charge on any atom is -0.421 e. The van der Waals surface area contributed by atoms with Crippen molar-refractivity contribution < 1.29 is 9.53 Å². The zero-order valence-electron chi connectivity index (χ0n) is 22.1. The number of rotatable bonds is 7. The molecule has 4 nitrogen and oxygen atoms in total. The van der Waals surface area contributed by atoms with Gasteiger partial charge in [0.15, 0.2) is 11.6 Å². The van der Waals surface area contributed by atoms with Gasteiger partial charge >= 0.3 is 5.97 Å². The Kier molecular flexibility index (Phi) is 7.06. The molecule has 40 heavy (non-hydrogen) atoms. The van der Waals surface area contributed by atoms with Crippen LogP contribution >= 0.6 is 0 Å². The Labute approximate surface area is 233 Å².